The Kier molecular flexibility index (Phi) is 5.37. The molecule has 1 aliphatic heterocycles. The van der Waals surface area contributed by atoms with Gasteiger partial charge in [-0.15, -0.1) is 0 Å². The SMILES string of the molecule is c1ccc(-c2nc(-n3c4ccccc4c4c5c(ccc43)C3(c4ccccc4O5)c4ccccc4-c4ccccc43)nc3c2oc2ccccc23)cc1. The molecule has 0 unspecified atom stereocenters. The van der Waals surface area contributed by atoms with E-state index in [2.05, 4.69) is 132 Å². The Morgan fingerprint density at radius 1 is 0.500 bits per heavy atom. The van der Waals surface area contributed by atoms with Gasteiger partial charge in [0.15, 0.2) is 5.58 Å². The van der Waals surface area contributed by atoms with E-state index in [9.17, 15) is 0 Å². The van der Waals surface area contributed by atoms with Crippen molar-refractivity contribution in [3.05, 3.63) is 186 Å². The molecule has 3 aromatic heterocycles. The van der Waals surface area contributed by atoms with Crippen LogP contribution in [0.25, 0.3) is 72.2 Å². The number of aromatic nitrogens is 3. The first-order chi connectivity index (χ1) is 25.8. The summed E-state index contributed by atoms with van der Waals surface area (Å²) in [5, 5.41) is 3.06. The zero-order valence-corrected chi connectivity index (χ0v) is 27.7. The van der Waals surface area contributed by atoms with Gasteiger partial charge >= 0.3 is 0 Å². The van der Waals surface area contributed by atoms with E-state index in [1.165, 1.54) is 22.3 Å². The summed E-state index contributed by atoms with van der Waals surface area (Å²) in [6.07, 6.45) is 0. The van der Waals surface area contributed by atoms with Crippen molar-refractivity contribution in [3.63, 3.8) is 0 Å². The summed E-state index contributed by atoms with van der Waals surface area (Å²) in [4.78, 5) is 10.6. The van der Waals surface area contributed by atoms with Crippen LogP contribution in [0.2, 0.25) is 0 Å². The third-order valence-corrected chi connectivity index (χ3v) is 11.1. The molecule has 5 nitrogen and oxygen atoms in total. The van der Waals surface area contributed by atoms with Gasteiger partial charge in [-0.1, -0.05) is 133 Å². The number of rotatable bonds is 2. The van der Waals surface area contributed by atoms with Crippen LogP contribution < -0.4 is 4.74 Å². The average molecular weight is 666 g/mol. The van der Waals surface area contributed by atoms with Crippen molar-refractivity contribution in [2.75, 3.05) is 0 Å². The topological polar surface area (TPSA) is 53.1 Å². The summed E-state index contributed by atoms with van der Waals surface area (Å²) < 4.78 is 15.7. The Hall–Kier alpha value is -6.98. The third kappa shape index (κ3) is 3.42. The molecule has 4 heterocycles. The Morgan fingerprint density at radius 3 is 1.96 bits per heavy atom. The maximum atomic E-state index is 7.10. The van der Waals surface area contributed by atoms with Gasteiger partial charge in [0, 0.05) is 27.5 Å². The number of fused-ring (bicyclic) bond motifs is 16. The zero-order chi connectivity index (χ0) is 34.0. The predicted octanol–water partition coefficient (Wildman–Crippen LogP) is 11.6. The molecule has 1 spiro atoms. The molecule has 0 atom stereocenters. The molecule has 2 aliphatic rings. The van der Waals surface area contributed by atoms with E-state index in [-0.39, 0.29) is 0 Å². The number of para-hydroxylation sites is 3. The lowest BCUT2D eigenvalue weighted by Gasteiger charge is -2.39. The van der Waals surface area contributed by atoms with E-state index >= 15 is 0 Å². The normalized spacial score (nSPS) is 13.7. The number of furan rings is 1. The minimum atomic E-state index is -0.555. The van der Waals surface area contributed by atoms with Crippen molar-refractivity contribution in [2.45, 2.75) is 5.41 Å². The highest BCUT2D eigenvalue weighted by Gasteiger charge is 2.51. The van der Waals surface area contributed by atoms with E-state index in [4.69, 9.17) is 19.1 Å². The number of ether oxygens (including phenoxy) is 1. The van der Waals surface area contributed by atoms with Crippen molar-refractivity contribution in [1.82, 2.24) is 14.5 Å². The molecule has 0 saturated carbocycles. The summed E-state index contributed by atoms with van der Waals surface area (Å²) in [6, 6.07) is 57.5. The summed E-state index contributed by atoms with van der Waals surface area (Å²) in [6.45, 7) is 0. The van der Waals surface area contributed by atoms with Gasteiger partial charge in [0.2, 0.25) is 5.95 Å². The van der Waals surface area contributed by atoms with Crippen LogP contribution in [0.15, 0.2) is 168 Å². The molecule has 242 valence electrons. The lowest BCUT2D eigenvalue weighted by molar-refractivity contribution is 0.442. The van der Waals surface area contributed by atoms with E-state index in [1.807, 2.05) is 36.4 Å². The van der Waals surface area contributed by atoms with Crippen molar-refractivity contribution < 1.29 is 9.15 Å². The maximum absolute atomic E-state index is 7.10. The molecule has 12 rings (SSSR count). The van der Waals surface area contributed by atoms with Gasteiger partial charge in [-0.3, -0.25) is 4.57 Å². The summed E-state index contributed by atoms with van der Waals surface area (Å²) in [5.41, 5.74) is 12.7. The molecule has 0 N–H and O–H groups in total. The molecular weight excluding hydrogens is 639 g/mol. The molecule has 5 heteroatoms. The smallest absolute Gasteiger partial charge is 0.236 e. The molecule has 0 saturated heterocycles. The van der Waals surface area contributed by atoms with Gasteiger partial charge in [0.1, 0.15) is 28.3 Å². The predicted molar refractivity (Wildman–Crippen MR) is 206 cm³/mol. The molecule has 10 aromatic rings. The Morgan fingerprint density at radius 2 is 1.15 bits per heavy atom. The van der Waals surface area contributed by atoms with Gasteiger partial charge in [-0.2, -0.15) is 0 Å². The second-order valence-electron chi connectivity index (χ2n) is 13.6. The second kappa shape index (κ2) is 10.1. The molecule has 7 aromatic carbocycles. The maximum Gasteiger partial charge on any atom is 0.236 e. The van der Waals surface area contributed by atoms with Gasteiger partial charge in [-0.25, -0.2) is 9.97 Å². The van der Waals surface area contributed by atoms with Gasteiger partial charge in [-0.05, 0) is 52.6 Å². The van der Waals surface area contributed by atoms with Crippen LogP contribution in [0.4, 0.5) is 0 Å². The standard InChI is InChI=1S/C47H27N3O2/c1-2-14-28(15-3-1)42-45-43(32-19-7-12-24-39(32)51-45)49-46(48-42)50-37-23-11-6-18-31(37)41-38(50)27-26-36-44(41)52-40-25-13-10-22-35(40)47(36)33-20-8-4-16-29(33)30-17-5-9-21-34(30)47/h1-27H. The molecule has 0 fully saturated rings. The monoisotopic (exact) mass is 665 g/mol. The van der Waals surface area contributed by atoms with Gasteiger partial charge in [0.05, 0.1) is 21.8 Å². The number of hydrogen-bond acceptors (Lipinski definition) is 4. The molecule has 0 amide bonds. The fraction of sp³-hybridized carbons (Fsp3) is 0.0213. The Labute approximate surface area is 298 Å². The molecule has 0 bridgehead atoms. The van der Waals surface area contributed by atoms with Crippen LogP contribution in [0, 0.1) is 0 Å². The van der Waals surface area contributed by atoms with Crippen LogP contribution in [0.3, 0.4) is 0 Å². The molecule has 1 aliphatic carbocycles. The van der Waals surface area contributed by atoms with E-state index in [0.29, 0.717) is 11.5 Å². The molecule has 0 radical (unpaired) electrons. The van der Waals surface area contributed by atoms with Crippen molar-refractivity contribution in [3.8, 4) is 39.8 Å². The molecular formula is C47H27N3O2. The van der Waals surface area contributed by atoms with Gasteiger partial charge in [0.25, 0.3) is 0 Å². The van der Waals surface area contributed by atoms with Crippen molar-refractivity contribution in [2.24, 2.45) is 0 Å². The zero-order valence-electron chi connectivity index (χ0n) is 27.7. The highest BCUT2D eigenvalue weighted by atomic mass is 16.5. The minimum absolute atomic E-state index is 0.555. The first-order valence-electron chi connectivity index (χ1n) is 17.6. The van der Waals surface area contributed by atoms with E-state index in [0.717, 1.165) is 72.2 Å². The van der Waals surface area contributed by atoms with Crippen molar-refractivity contribution >= 4 is 43.9 Å². The number of benzene rings is 7. The highest BCUT2D eigenvalue weighted by Crippen LogP contribution is 2.63. The van der Waals surface area contributed by atoms with E-state index in [1.54, 1.807) is 0 Å². The summed E-state index contributed by atoms with van der Waals surface area (Å²) in [5.74, 6) is 2.29. The Bertz CT molecular complexity index is 3070. The minimum Gasteiger partial charge on any atom is -0.456 e. The fourth-order valence-corrected chi connectivity index (χ4v) is 9.05. The molecule has 52 heavy (non-hydrogen) atoms. The van der Waals surface area contributed by atoms with Crippen LogP contribution in [0.1, 0.15) is 22.3 Å². The van der Waals surface area contributed by atoms with Crippen LogP contribution in [-0.4, -0.2) is 14.5 Å². The average Bonchev–Trinajstić information content (AvgIpc) is 3.85. The highest BCUT2D eigenvalue weighted by molar-refractivity contribution is 6.14. The first kappa shape index (κ1) is 27.8. The van der Waals surface area contributed by atoms with Crippen LogP contribution in [0.5, 0.6) is 11.5 Å². The lowest BCUT2D eigenvalue weighted by atomic mass is 9.66. The second-order valence-corrected chi connectivity index (χ2v) is 13.6. The number of nitrogens with zero attached hydrogens (tertiary/aromatic N) is 3. The van der Waals surface area contributed by atoms with Crippen LogP contribution in [-0.2, 0) is 5.41 Å². The van der Waals surface area contributed by atoms with E-state index < -0.39 is 5.41 Å². The first-order valence-corrected chi connectivity index (χ1v) is 17.6. The third-order valence-electron chi connectivity index (χ3n) is 11.1. The largest absolute Gasteiger partial charge is 0.456 e. The summed E-state index contributed by atoms with van der Waals surface area (Å²) in [7, 11) is 0. The fourth-order valence-electron chi connectivity index (χ4n) is 9.05. The van der Waals surface area contributed by atoms with Crippen LogP contribution >= 0.6 is 0 Å². The lowest BCUT2D eigenvalue weighted by Crippen LogP contribution is -2.32. The van der Waals surface area contributed by atoms with Crippen molar-refractivity contribution in [1.29, 1.82) is 0 Å². The van der Waals surface area contributed by atoms with Gasteiger partial charge < -0.3 is 9.15 Å². The number of hydrogen-bond donors (Lipinski definition) is 0. The summed E-state index contributed by atoms with van der Waals surface area (Å²) >= 11 is 0. The Balaban J connectivity index is 1.22. The quantitative estimate of drug-likeness (QED) is 0.184.